The Morgan fingerprint density at radius 1 is 1.28 bits per heavy atom. The van der Waals surface area contributed by atoms with E-state index >= 15 is 0 Å². The molecule has 0 aliphatic carbocycles. The highest BCUT2D eigenvalue weighted by Crippen LogP contribution is 2.23. The molecule has 0 saturated carbocycles. The van der Waals surface area contributed by atoms with Gasteiger partial charge < -0.3 is 14.7 Å². The third-order valence-electron chi connectivity index (χ3n) is 4.17. The molecule has 0 radical (unpaired) electrons. The summed E-state index contributed by atoms with van der Waals surface area (Å²) in [5.41, 5.74) is -0.628. The number of allylic oxidation sites excluding steroid dienone is 2. The van der Waals surface area contributed by atoms with Crippen molar-refractivity contribution in [2.75, 3.05) is 20.1 Å². The van der Waals surface area contributed by atoms with Gasteiger partial charge in [-0.25, -0.2) is 4.79 Å². The van der Waals surface area contributed by atoms with Gasteiger partial charge in [0.15, 0.2) is 0 Å². The Bertz CT molecular complexity index is 471. The molecule has 6 heteroatoms. The van der Waals surface area contributed by atoms with E-state index in [4.69, 9.17) is 4.74 Å². The second kappa shape index (κ2) is 9.80. The normalized spacial score (nSPS) is 21.0. The second-order valence-electron chi connectivity index (χ2n) is 7.72. The maximum absolute atomic E-state index is 12.7. The van der Waals surface area contributed by atoms with Crippen LogP contribution < -0.4 is 0 Å². The zero-order chi connectivity index (χ0) is 19.0. The van der Waals surface area contributed by atoms with E-state index < -0.39 is 23.8 Å². The molecule has 1 aliphatic rings. The number of likely N-dealkylation sites (N-methyl/N-ethyl adjacent to an activating group) is 1. The fourth-order valence-corrected chi connectivity index (χ4v) is 2.89. The first-order valence-electron chi connectivity index (χ1n) is 9.19. The van der Waals surface area contributed by atoms with Crippen LogP contribution in [0.2, 0.25) is 0 Å². The summed E-state index contributed by atoms with van der Waals surface area (Å²) in [5.74, 6) is -0.129. The first-order valence-corrected chi connectivity index (χ1v) is 9.19. The van der Waals surface area contributed by atoms with E-state index in [1.54, 1.807) is 32.7 Å². The molecule has 2 atom stereocenters. The minimum Gasteiger partial charge on any atom is -0.444 e. The van der Waals surface area contributed by atoms with Crippen molar-refractivity contribution in [1.29, 1.82) is 0 Å². The van der Waals surface area contributed by atoms with Crippen LogP contribution >= 0.6 is 0 Å². The van der Waals surface area contributed by atoms with Gasteiger partial charge >= 0.3 is 6.09 Å². The van der Waals surface area contributed by atoms with Gasteiger partial charge in [-0.15, -0.1) is 0 Å². The highest BCUT2D eigenvalue weighted by molar-refractivity contribution is 5.86. The number of amides is 2. The molecule has 2 unspecified atom stereocenters. The third-order valence-corrected chi connectivity index (χ3v) is 4.17. The van der Waals surface area contributed by atoms with Gasteiger partial charge in [-0.3, -0.25) is 9.69 Å². The highest BCUT2D eigenvalue weighted by Gasteiger charge is 2.41. The Labute approximate surface area is 151 Å². The van der Waals surface area contributed by atoms with Gasteiger partial charge in [0, 0.05) is 20.0 Å². The molecule has 1 aliphatic heterocycles. The van der Waals surface area contributed by atoms with Crippen molar-refractivity contribution in [2.24, 2.45) is 0 Å². The smallest absolute Gasteiger partial charge is 0.411 e. The van der Waals surface area contributed by atoms with Crippen LogP contribution in [0.15, 0.2) is 12.2 Å². The van der Waals surface area contributed by atoms with Crippen molar-refractivity contribution >= 4 is 12.0 Å². The van der Waals surface area contributed by atoms with Crippen molar-refractivity contribution in [3.05, 3.63) is 12.2 Å². The molecule has 0 aromatic rings. The number of carbonyl (C=O) groups is 2. The van der Waals surface area contributed by atoms with Gasteiger partial charge in [0.05, 0.1) is 12.6 Å². The lowest BCUT2D eigenvalue weighted by atomic mass is 10.1. The molecular weight excluding hydrogens is 320 g/mol. The van der Waals surface area contributed by atoms with E-state index in [1.807, 2.05) is 13.0 Å². The highest BCUT2D eigenvalue weighted by atomic mass is 16.6. The zero-order valence-electron chi connectivity index (χ0n) is 16.3. The van der Waals surface area contributed by atoms with Crippen LogP contribution in [-0.2, 0) is 9.53 Å². The number of β-amino-alcohol motifs (C(OH)–C–C–N with tert-alkyl or cyclic N) is 1. The molecule has 0 aromatic carbocycles. The second-order valence-corrected chi connectivity index (χ2v) is 7.72. The summed E-state index contributed by atoms with van der Waals surface area (Å²) in [6.45, 7) is 8.17. The maximum atomic E-state index is 12.7. The van der Waals surface area contributed by atoms with Crippen LogP contribution in [0.5, 0.6) is 0 Å². The van der Waals surface area contributed by atoms with Gasteiger partial charge in [0.2, 0.25) is 5.91 Å². The van der Waals surface area contributed by atoms with Gasteiger partial charge in [0.1, 0.15) is 11.6 Å². The first kappa shape index (κ1) is 21.5. The number of aliphatic hydroxyl groups is 1. The molecule has 1 fully saturated rings. The lowest BCUT2D eigenvalue weighted by molar-refractivity contribution is -0.134. The topological polar surface area (TPSA) is 70.1 Å². The SMILES string of the molecule is C/C=C/CCCCCN(C)C(=O)C1CC(O)CN1C(=O)OC(C)(C)C. The molecule has 1 rings (SSSR count). The van der Waals surface area contributed by atoms with E-state index in [1.165, 1.54) is 4.90 Å². The molecule has 1 N–H and O–H groups in total. The number of unbranched alkanes of at least 4 members (excludes halogenated alkanes) is 3. The quantitative estimate of drug-likeness (QED) is 0.564. The van der Waals surface area contributed by atoms with E-state index in [0.717, 1.165) is 25.7 Å². The number of nitrogens with zero attached hydrogens (tertiary/aromatic N) is 2. The largest absolute Gasteiger partial charge is 0.444 e. The molecule has 0 bridgehead atoms. The molecule has 6 nitrogen and oxygen atoms in total. The van der Waals surface area contributed by atoms with Crippen molar-refractivity contribution in [1.82, 2.24) is 9.80 Å². The Morgan fingerprint density at radius 2 is 1.96 bits per heavy atom. The minimum atomic E-state index is -0.685. The Balaban J connectivity index is 2.54. The van der Waals surface area contributed by atoms with Crippen LogP contribution in [0.4, 0.5) is 4.79 Å². The summed E-state index contributed by atoms with van der Waals surface area (Å²) in [7, 11) is 1.76. The van der Waals surface area contributed by atoms with Crippen molar-refractivity contribution < 1.29 is 19.4 Å². The van der Waals surface area contributed by atoms with E-state index in [-0.39, 0.29) is 18.9 Å². The van der Waals surface area contributed by atoms with Crippen molar-refractivity contribution in [3.63, 3.8) is 0 Å². The molecule has 0 spiro atoms. The number of rotatable bonds is 7. The number of carbonyl (C=O) groups excluding carboxylic acids is 2. The van der Waals surface area contributed by atoms with Crippen LogP contribution in [0, 0.1) is 0 Å². The van der Waals surface area contributed by atoms with Gasteiger partial charge in [-0.05, 0) is 47.0 Å². The number of ether oxygens (including phenoxy) is 1. The summed E-state index contributed by atoms with van der Waals surface area (Å²) < 4.78 is 5.36. The first-order chi connectivity index (χ1) is 11.7. The fourth-order valence-electron chi connectivity index (χ4n) is 2.89. The maximum Gasteiger partial charge on any atom is 0.411 e. The molecule has 2 amide bonds. The van der Waals surface area contributed by atoms with Crippen molar-refractivity contribution in [2.45, 2.75) is 77.5 Å². The monoisotopic (exact) mass is 354 g/mol. The molecular formula is C19H34N2O4. The summed E-state index contributed by atoms with van der Waals surface area (Å²) in [6, 6.07) is -0.641. The minimum absolute atomic E-state index is 0.129. The van der Waals surface area contributed by atoms with Gasteiger partial charge in [-0.2, -0.15) is 0 Å². The molecule has 144 valence electrons. The van der Waals surface area contributed by atoms with Crippen LogP contribution in [-0.4, -0.2) is 64.8 Å². The lowest BCUT2D eigenvalue weighted by Crippen LogP contribution is -2.48. The van der Waals surface area contributed by atoms with Crippen molar-refractivity contribution in [3.8, 4) is 0 Å². The Hall–Kier alpha value is -1.56. The standard InChI is InChI=1S/C19H34N2O4/c1-6-7-8-9-10-11-12-20(5)17(23)16-13-15(22)14-21(16)18(24)25-19(2,3)4/h6-7,15-16,22H,8-14H2,1-5H3/b7-6+. The summed E-state index contributed by atoms with van der Waals surface area (Å²) >= 11 is 0. The number of likely N-dealkylation sites (tertiary alicyclic amines) is 1. The van der Waals surface area contributed by atoms with Gasteiger partial charge in [-0.1, -0.05) is 18.6 Å². The van der Waals surface area contributed by atoms with E-state index in [0.29, 0.717) is 6.54 Å². The molecule has 1 saturated heterocycles. The van der Waals surface area contributed by atoms with E-state index in [9.17, 15) is 14.7 Å². The Morgan fingerprint density at radius 3 is 2.56 bits per heavy atom. The number of aliphatic hydroxyl groups excluding tert-OH is 1. The molecule has 0 aromatic heterocycles. The predicted molar refractivity (Wildman–Crippen MR) is 98.3 cm³/mol. The van der Waals surface area contributed by atoms with Crippen LogP contribution in [0.3, 0.4) is 0 Å². The average Bonchev–Trinajstić information content (AvgIpc) is 2.90. The molecule has 1 heterocycles. The lowest BCUT2D eigenvalue weighted by Gasteiger charge is -2.30. The summed E-state index contributed by atoms with van der Waals surface area (Å²) in [4.78, 5) is 28.0. The fraction of sp³-hybridized carbons (Fsp3) is 0.789. The summed E-state index contributed by atoms with van der Waals surface area (Å²) in [6.07, 6.45) is 7.40. The molecule has 25 heavy (non-hydrogen) atoms. The van der Waals surface area contributed by atoms with Crippen LogP contribution in [0.25, 0.3) is 0 Å². The number of hydrogen-bond donors (Lipinski definition) is 1. The van der Waals surface area contributed by atoms with Crippen LogP contribution in [0.1, 0.15) is 59.8 Å². The zero-order valence-corrected chi connectivity index (χ0v) is 16.3. The predicted octanol–water partition coefficient (Wildman–Crippen LogP) is 2.95. The Kier molecular flexibility index (Phi) is 8.42. The average molecular weight is 354 g/mol. The third kappa shape index (κ3) is 7.46. The van der Waals surface area contributed by atoms with E-state index in [2.05, 4.69) is 6.08 Å². The summed E-state index contributed by atoms with van der Waals surface area (Å²) in [5, 5.41) is 9.92. The number of hydrogen-bond acceptors (Lipinski definition) is 4. The van der Waals surface area contributed by atoms with Gasteiger partial charge in [0.25, 0.3) is 0 Å².